The predicted octanol–water partition coefficient (Wildman–Crippen LogP) is 2.56. The number of halogens is 9. The molecule has 0 amide bonds. The molecule has 108 valence electrons. The Kier molecular flexibility index (Phi) is 4.18. The van der Waals surface area contributed by atoms with E-state index in [1.807, 2.05) is 4.74 Å². The van der Waals surface area contributed by atoms with Gasteiger partial charge in [0.2, 0.25) is 0 Å². The first-order valence-corrected chi connectivity index (χ1v) is 3.68. The summed E-state index contributed by atoms with van der Waals surface area (Å²) in [5.74, 6) is -9.04. The molecule has 0 aromatic rings. The average Bonchev–Trinajstić information content (AvgIpc) is 2.11. The molecule has 0 aliphatic heterocycles. The molecule has 0 aromatic carbocycles. The monoisotopic (exact) mass is 294 g/mol. The van der Waals surface area contributed by atoms with Gasteiger partial charge in [-0.2, -0.15) is 39.5 Å². The van der Waals surface area contributed by atoms with E-state index in [1.165, 1.54) is 0 Å². The Hall–Kier alpha value is -1.20. The number of rotatable bonds is 3. The van der Waals surface area contributed by atoms with Gasteiger partial charge < -0.3 is 4.74 Å². The average molecular weight is 294 g/mol. The zero-order chi connectivity index (χ0) is 15.0. The second kappa shape index (κ2) is 4.48. The molecule has 0 spiro atoms. The first-order valence-electron chi connectivity index (χ1n) is 3.68. The molecule has 0 bridgehead atoms. The summed E-state index contributed by atoms with van der Waals surface area (Å²) in [6, 6.07) is 0. The van der Waals surface area contributed by atoms with Crippen LogP contribution >= 0.6 is 0 Å². The van der Waals surface area contributed by atoms with Crippen molar-refractivity contribution in [3.05, 3.63) is 0 Å². The van der Waals surface area contributed by atoms with Gasteiger partial charge in [-0.15, -0.1) is 0 Å². The van der Waals surface area contributed by atoms with E-state index in [0.29, 0.717) is 0 Å². The van der Waals surface area contributed by atoms with Crippen LogP contribution in [0.4, 0.5) is 39.5 Å². The molecule has 0 rings (SSSR count). The first kappa shape index (κ1) is 16.8. The van der Waals surface area contributed by atoms with Crippen LogP contribution in [0, 0.1) is 0 Å². The van der Waals surface area contributed by atoms with Gasteiger partial charge in [-0.25, -0.2) is 4.79 Å². The van der Waals surface area contributed by atoms with Gasteiger partial charge >= 0.3 is 30.3 Å². The lowest BCUT2D eigenvalue weighted by Gasteiger charge is -2.29. The van der Waals surface area contributed by atoms with E-state index in [0.717, 1.165) is 0 Å². The van der Waals surface area contributed by atoms with Crippen molar-refractivity contribution < 1.29 is 53.8 Å². The van der Waals surface area contributed by atoms with Crippen molar-refractivity contribution >= 4 is 5.97 Å². The molecule has 18 heavy (non-hydrogen) atoms. The molecule has 0 aliphatic carbocycles. The SMILES string of the molecule is COC(=O)C(F)(OC(F)(F)C(F)(F)F)C(F)(F)F. The van der Waals surface area contributed by atoms with Gasteiger partial charge in [-0.05, 0) is 0 Å². The van der Waals surface area contributed by atoms with Crippen LogP contribution in [-0.4, -0.2) is 37.4 Å². The Labute approximate surface area is 92.4 Å². The van der Waals surface area contributed by atoms with Crippen LogP contribution in [0.2, 0.25) is 0 Å². The summed E-state index contributed by atoms with van der Waals surface area (Å²) in [6.07, 6.45) is -19.7. The minimum Gasteiger partial charge on any atom is -0.465 e. The molecule has 0 N–H and O–H groups in total. The molecule has 1 atom stereocenters. The molecule has 0 fully saturated rings. The van der Waals surface area contributed by atoms with Crippen molar-refractivity contribution in [3.63, 3.8) is 0 Å². The van der Waals surface area contributed by atoms with Crippen molar-refractivity contribution in [2.24, 2.45) is 0 Å². The van der Waals surface area contributed by atoms with Gasteiger partial charge in [0, 0.05) is 0 Å². The standard InChI is InChI=1S/C6H3F9O3/c1-17-2(16)3(7,4(8,9)10)18-6(14,15)5(11,12)13/h1H3. The van der Waals surface area contributed by atoms with Crippen molar-refractivity contribution in [1.82, 2.24) is 0 Å². The Morgan fingerprint density at radius 1 is 0.833 bits per heavy atom. The molecule has 0 saturated heterocycles. The molecule has 1 unspecified atom stereocenters. The van der Waals surface area contributed by atoms with Gasteiger partial charge in [0.25, 0.3) is 0 Å². The summed E-state index contributed by atoms with van der Waals surface area (Å²) in [5.41, 5.74) is 0. The predicted molar refractivity (Wildman–Crippen MR) is 34.0 cm³/mol. The number of carbonyl (C=O) groups is 1. The summed E-state index contributed by atoms with van der Waals surface area (Å²) in [7, 11) is 0.136. The third-order valence-electron chi connectivity index (χ3n) is 1.41. The second-order valence-electron chi connectivity index (χ2n) is 2.70. The van der Waals surface area contributed by atoms with Crippen molar-refractivity contribution in [1.29, 1.82) is 0 Å². The number of esters is 1. The maximum absolute atomic E-state index is 12.9. The Morgan fingerprint density at radius 3 is 1.44 bits per heavy atom. The van der Waals surface area contributed by atoms with E-state index in [2.05, 4.69) is 4.74 Å². The number of methoxy groups -OCH3 is 1. The molecule has 3 nitrogen and oxygen atoms in total. The highest BCUT2D eigenvalue weighted by Crippen LogP contribution is 2.45. The third kappa shape index (κ3) is 2.97. The topological polar surface area (TPSA) is 35.5 Å². The van der Waals surface area contributed by atoms with Crippen molar-refractivity contribution in [2.45, 2.75) is 24.3 Å². The fourth-order valence-corrected chi connectivity index (χ4v) is 0.581. The van der Waals surface area contributed by atoms with Crippen LogP contribution < -0.4 is 0 Å². The van der Waals surface area contributed by atoms with Gasteiger partial charge in [0.15, 0.2) is 0 Å². The second-order valence-corrected chi connectivity index (χ2v) is 2.70. The van der Waals surface area contributed by atoms with Gasteiger partial charge in [0.05, 0.1) is 7.11 Å². The van der Waals surface area contributed by atoms with E-state index in [-0.39, 0.29) is 7.11 Å². The molecule has 0 saturated carbocycles. The van der Waals surface area contributed by atoms with Crippen LogP contribution in [-0.2, 0) is 14.3 Å². The number of carbonyl (C=O) groups excluding carboxylic acids is 1. The van der Waals surface area contributed by atoms with E-state index in [4.69, 9.17) is 0 Å². The van der Waals surface area contributed by atoms with E-state index < -0.39 is 30.3 Å². The largest absolute Gasteiger partial charge is 0.483 e. The smallest absolute Gasteiger partial charge is 0.465 e. The zero-order valence-corrected chi connectivity index (χ0v) is 8.13. The highest BCUT2D eigenvalue weighted by molar-refractivity contribution is 5.78. The Bertz CT molecular complexity index is 319. The minimum atomic E-state index is -6.65. The summed E-state index contributed by atoms with van der Waals surface area (Å²) in [6.45, 7) is 0. The lowest BCUT2D eigenvalue weighted by molar-refractivity contribution is -0.461. The summed E-state index contributed by atoms with van der Waals surface area (Å²) >= 11 is 0. The quantitative estimate of drug-likeness (QED) is 0.593. The number of alkyl halides is 9. The third-order valence-corrected chi connectivity index (χ3v) is 1.41. The van der Waals surface area contributed by atoms with Crippen molar-refractivity contribution in [3.8, 4) is 0 Å². The number of hydrogen-bond acceptors (Lipinski definition) is 3. The summed E-state index contributed by atoms with van der Waals surface area (Å²) < 4.78 is 113. The molecule has 0 aliphatic rings. The van der Waals surface area contributed by atoms with Gasteiger partial charge in [0.1, 0.15) is 0 Å². The van der Waals surface area contributed by atoms with Crippen LogP contribution in [0.1, 0.15) is 0 Å². The first-order chi connectivity index (χ1) is 7.69. The van der Waals surface area contributed by atoms with E-state index in [1.54, 1.807) is 0 Å². The van der Waals surface area contributed by atoms with Crippen LogP contribution in [0.5, 0.6) is 0 Å². The molecular weight excluding hydrogens is 291 g/mol. The normalized spacial score (nSPS) is 17.2. The summed E-state index contributed by atoms with van der Waals surface area (Å²) in [5, 5.41) is 0. The Morgan fingerprint density at radius 2 is 1.22 bits per heavy atom. The molecule has 12 heteroatoms. The molecular formula is C6H3F9O3. The maximum Gasteiger partial charge on any atom is 0.483 e. The maximum atomic E-state index is 12.9. The van der Waals surface area contributed by atoms with Gasteiger partial charge in [-0.3, -0.25) is 4.74 Å². The van der Waals surface area contributed by atoms with Crippen LogP contribution in [0.15, 0.2) is 0 Å². The molecule has 0 aromatic heterocycles. The molecule has 0 radical (unpaired) electrons. The van der Waals surface area contributed by atoms with E-state index in [9.17, 15) is 44.3 Å². The summed E-state index contributed by atoms with van der Waals surface area (Å²) in [4.78, 5) is 10.3. The number of ether oxygens (including phenoxy) is 2. The fraction of sp³-hybridized carbons (Fsp3) is 0.833. The van der Waals surface area contributed by atoms with Crippen LogP contribution in [0.25, 0.3) is 0 Å². The fourth-order valence-electron chi connectivity index (χ4n) is 0.581. The lowest BCUT2D eigenvalue weighted by Crippen LogP contribution is -2.57. The van der Waals surface area contributed by atoms with Crippen molar-refractivity contribution in [2.75, 3.05) is 7.11 Å². The zero-order valence-electron chi connectivity index (χ0n) is 8.13. The van der Waals surface area contributed by atoms with E-state index >= 15 is 0 Å². The molecule has 0 heterocycles. The van der Waals surface area contributed by atoms with Crippen LogP contribution in [0.3, 0.4) is 0 Å². The van der Waals surface area contributed by atoms with Gasteiger partial charge in [-0.1, -0.05) is 0 Å². The lowest BCUT2D eigenvalue weighted by atomic mass is 10.3. The highest BCUT2D eigenvalue weighted by atomic mass is 19.4. The minimum absolute atomic E-state index is 0.136. The highest BCUT2D eigenvalue weighted by Gasteiger charge is 2.73. The Balaban J connectivity index is 5.49. The number of hydrogen-bond donors (Lipinski definition) is 0.